The van der Waals surface area contributed by atoms with Crippen LogP contribution in [-0.2, 0) is 10.0 Å². The molecule has 0 aliphatic carbocycles. The van der Waals surface area contributed by atoms with Crippen LogP contribution in [0.15, 0.2) is 29.2 Å². The minimum atomic E-state index is -3.46. The molecule has 100 valence electrons. The molecule has 18 heavy (non-hydrogen) atoms. The Morgan fingerprint density at radius 1 is 1.28 bits per heavy atom. The van der Waals surface area contributed by atoms with E-state index in [-0.39, 0.29) is 11.1 Å². The van der Waals surface area contributed by atoms with Crippen molar-refractivity contribution in [2.24, 2.45) is 0 Å². The van der Waals surface area contributed by atoms with E-state index in [9.17, 15) is 8.42 Å². The average Bonchev–Trinajstić information content (AvgIpc) is 2.32. The Balaban J connectivity index is 2.13. The van der Waals surface area contributed by atoms with E-state index in [0.717, 1.165) is 25.8 Å². The Morgan fingerprint density at radius 3 is 2.56 bits per heavy atom. The summed E-state index contributed by atoms with van der Waals surface area (Å²) in [7, 11) is -1.52. The van der Waals surface area contributed by atoms with Crippen molar-refractivity contribution < 1.29 is 8.42 Å². The van der Waals surface area contributed by atoms with Crippen LogP contribution in [0.4, 0.5) is 5.69 Å². The van der Waals surface area contributed by atoms with Gasteiger partial charge in [0.15, 0.2) is 0 Å². The van der Waals surface area contributed by atoms with E-state index in [4.69, 9.17) is 5.73 Å². The fraction of sp³-hybridized carbons (Fsp3) is 0.500. The second kappa shape index (κ2) is 5.26. The first kappa shape index (κ1) is 13.3. The predicted molar refractivity (Wildman–Crippen MR) is 71.4 cm³/mol. The molecular weight excluding hydrogens is 250 g/mol. The van der Waals surface area contributed by atoms with Crippen LogP contribution in [0.1, 0.15) is 19.3 Å². The molecule has 6 heteroatoms. The summed E-state index contributed by atoms with van der Waals surface area (Å²) in [6.45, 7) is 0.926. The fourth-order valence-corrected chi connectivity index (χ4v) is 3.40. The summed E-state index contributed by atoms with van der Waals surface area (Å²) in [6.07, 6.45) is 2.92. The smallest absolute Gasteiger partial charge is 0.241 e. The number of sulfonamides is 1. The van der Waals surface area contributed by atoms with E-state index in [1.165, 1.54) is 12.1 Å². The first-order valence-electron chi connectivity index (χ1n) is 6.07. The van der Waals surface area contributed by atoms with Gasteiger partial charge in [-0.3, -0.25) is 4.90 Å². The molecule has 1 unspecified atom stereocenters. The van der Waals surface area contributed by atoms with E-state index in [2.05, 4.69) is 4.72 Å². The number of hydrogen-bond donors (Lipinski definition) is 2. The van der Waals surface area contributed by atoms with Crippen molar-refractivity contribution in [2.45, 2.75) is 30.3 Å². The van der Waals surface area contributed by atoms with Crippen LogP contribution in [-0.4, -0.2) is 33.1 Å². The Bertz CT molecular complexity index is 499. The molecule has 1 aliphatic rings. The third-order valence-corrected chi connectivity index (χ3v) is 4.73. The Morgan fingerprint density at radius 2 is 1.94 bits per heavy atom. The number of hydrogen-bond acceptors (Lipinski definition) is 4. The van der Waals surface area contributed by atoms with Gasteiger partial charge in [0.05, 0.1) is 11.1 Å². The van der Waals surface area contributed by atoms with Crippen LogP contribution in [0, 0.1) is 0 Å². The van der Waals surface area contributed by atoms with E-state index < -0.39 is 10.0 Å². The van der Waals surface area contributed by atoms with Crippen molar-refractivity contribution in [3.05, 3.63) is 24.3 Å². The number of nitrogen functional groups attached to an aromatic ring is 1. The maximum absolute atomic E-state index is 12.2. The second-order valence-electron chi connectivity index (χ2n) is 4.68. The molecule has 0 saturated carbocycles. The Labute approximate surface area is 108 Å². The van der Waals surface area contributed by atoms with Crippen LogP contribution < -0.4 is 10.5 Å². The average molecular weight is 269 g/mol. The molecule has 1 saturated heterocycles. The number of piperidine rings is 1. The van der Waals surface area contributed by atoms with Gasteiger partial charge in [0.2, 0.25) is 10.0 Å². The molecule has 0 spiro atoms. The van der Waals surface area contributed by atoms with E-state index in [1.54, 1.807) is 12.1 Å². The lowest BCUT2D eigenvalue weighted by atomic mass is 10.1. The van der Waals surface area contributed by atoms with Gasteiger partial charge < -0.3 is 5.73 Å². The molecule has 0 aromatic heterocycles. The maximum Gasteiger partial charge on any atom is 0.241 e. The number of nitrogens with one attached hydrogen (secondary N) is 1. The summed E-state index contributed by atoms with van der Waals surface area (Å²) in [5, 5.41) is 0. The van der Waals surface area contributed by atoms with Crippen molar-refractivity contribution >= 4 is 15.7 Å². The molecule has 1 fully saturated rings. The molecule has 0 bridgehead atoms. The number of rotatable bonds is 3. The lowest BCUT2D eigenvalue weighted by molar-refractivity contribution is 0.175. The van der Waals surface area contributed by atoms with Gasteiger partial charge in [-0.15, -0.1) is 0 Å². The topological polar surface area (TPSA) is 75.4 Å². The number of benzene rings is 1. The van der Waals surface area contributed by atoms with Crippen LogP contribution >= 0.6 is 0 Å². The lowest BCUT2D eigenvalue weighted by Gasteiger charge is -2.32. The van der Waals surface area contributed by atoms with Crippen LogP contribution in [0.25, 0.3) is 0 Å². The monoisotopic (exact) mass is 269 g/mol. The van der Waals surface area contributed by atoms with Crippen molar-refractivity contribution in [2.75, 3.05) is 19.3 Å². The minimum Gasteiger partial charge on any atom is -0.399 e. The summed E-state index contributed by atoms with van der Waals surface area (Å²) < 4.78 is 27.1. The Hall–Kier alpha value is -1.11. The van der Waals surface area contributed by atoms with Gasteiger partial charge in [-0.05, 0) is 57.1 Å². The highest BCUT2D eigenvalue weighted by atomic mass is 32.2. The van der Waals surface area contributed by atoms with Gasteiger partial charge in [0, 0.05) is 5.69 Å². The van der Waals surface area contributed by atoms with Gasteiger partial charge >= 0.3 is 0 Å². The predicted octanol–water partition coefficient (Wildman–Crippen LogP) is 0.989. The first-order valence-corrected chi connectivity index (χ1v) is 7.55. The molecule has 1 aromatic rings. The van der Waals surface area contributed by atoms with Gasteiger partial charge in [0.1, 0.15) is 0 Å². The summed E-state index contributed by atoms with van der Waals surface area (Å²) in [5.41, 5.74) is 6.11. The number of anilines is 1. The molecular formula is C12H19N3O2S. The van der Waals surface area contributed by atoms with Gasteiger partial charge in [0.25, 0.3) is 0 Å². The van der Waals surface area contributed by atoms with Crippen molar-refractivity contribution in [1.29, 1.82) is 0 Å². The van der Waals surface area contributed by atoms with E-state index >= 15 is 0 Å². The second-order valence-corrected chi connectivity index (χ2v) is 6.40. The molecule has 0 amide bonds. The van der Waals surface area contributed by atoms with Crippen LogP contribution in [0.2, 0.25) is 0 Å². The molecule has 2 rings (SSSR count). The summed E-state index contributed by atoms with van der Waals surface area (Å²) in [4.78, 5) is 2.30. The first-order chi connectivity index (χ1) is 8.49. The highest BCUT2D eigenvalue weighted by Crippen LogP contribution is 2.17. The number of likely N-dealkylation sites (tertiary alicyclic amines) is 1. The standard InChI is InChI=1S/C12H19N3O2S/c1-15-9-3-2-4-12(15)14-18(16,17)11-7-5-10(13)6-8-11/h5-8,12,14H,2-4,9,13H2,1H3. The highest BCUT2D eigenvalue weighted by Gasteiger charge is 2.24. The molecule has 5 nitrogen and oxygen atoms in total. The van der Waals surface area contributed by atoms with Crippen molar-refractivity contribution in [3.63, 3.8) is 0 Å². The molecule has 1 atom stereocenters. The van der Waals surface area contributed by atoms with Gasteiger partial charge in [-0.25, -0.2) is 8.42 Å². The maximum atomic E-state index is 12.2. The van der Waals surface area contributed by atoms with Gasteiger partial charge in [-0.2, -0.15) is 4.72 Å². The normalized spacial score (nSPS) is 21.9. The SMILES string of the molecule is CN1CCCCC1NS(=O)(=O)c1ccc(N)cc1. The molecule has 3 N–H and O–H groups in total. The largest absolute Gasteiger partial charge is 0.399 e. The third kappa shape index (κ3) is 3.01. The minimum absolute atomic E-state index is 0.110. The molecule has 1 heterocycles. The van der Waals surface area contributed by atoms with Crippen molar-refractivity contribution in [3.8, 4) is 0 Å². The van der Waals surface area contributed by atoms with E-state index in [1.807, 2.05) is 11.9 Å². The molecule has 1 aromatic carbocycles. The van der Waals surface area contributed by atoms with Gasteiger partial charge in [-0.1, -0.05) is 0 Å². The third-order valence-electron chi connectivity index (χ3n) is 3.25. The highest BCUT2D eigenvalue weighted by molar-refractivity contribution is 7.89. The van der Waals surface area contributed by atoms with E-state index in [0.29, 0.717) is 5.69 Å². The summed E-state index contributed by atoms with van der Waals surface area (Å²) in [6, 6.07) is 6.25. The zero-order valence-electron chi connectivity index (χ0n) is 10.5. The number of nitrogens with zero attached hydrogens (tertiary/aromatic N) is 1. The fourth-order valence-electron chi connectivity index (χ4n) is 2.12. The quantitative estimate of drug-likeness (QED) is 0.802. The zero-order valence-corrected chi connectivity index (χ0v) is 11.3. The zero-order chi connectivity index (χ0) is 13.2. The molecule has 0 radical (unpaired) electrons. The van der Waals surface area contributed by atoms with Crippen molar-refractivity contribution in [1.82, 2.24) is 9.62 Å². The van der Waals surface area contributed by atoms with Crippen LogP contribution in [0.3, 0.4) is 0 Å². The lowest BCUT2D eigenvalue weighted by Crippen LogP contribution is -2.48. The number of nitrogens with two attached hydrogens (primary N) is 1. The Kier molecular flexibility index (Phi) is 3.89. The van der Waals surface area contributed by atoms with Crippen LogP contribution in [0.5, 0.6) is 0 Å². The summed E-state index contributed by atoms with van der Waals surface area (Å²) in [5.74, 6) is 0. The summed E-state index contributed by atoms with van der Waals surface area (Å²) >= 11 is 0. The molecule has 1 aliphatic heterocycles.